The zero-order chi connectivity index (χ0) is 7.56. The molecule has 56 valence electrons. The first-order valence-corrected chi connectivity index (χ1v) is 4.26. The molecule has 0 atom stereocenters. The lowest BCUT2D eigenvalue weighted by atomic mass is 10.1. The molecule has 0 aliphatic heterocycles. The van der Waals surface area contributed by atoms with E-state index in [4.69, 9.17) is 5.73 Å². The van der Waals surface area contributed by atoms with Crippen molar-refractivity contribution in [2.75, 3.05) is 5.73 Å². The highest BCUT2D eigenvalue weighted by atomic mass is 32.1. The number of nitrogen functional groups attached to an aromatic ring is 1. The Hall–Kier alpha value is -0.570. The Morgan fingerprint density at radius 1 is 1.70 bits per heavy atom. The van der Waals surface area contributed by atoms with E-state index >= 15 is 0 Å². The van der Waals surface area contributed by atoms with Gasteiger partial charge in [-0.1, -0.05) is 13.8 Å². The Morgan fingerprint density at radius 3 is 2.80 bits per heavy atom. The highest BCUT2D eigenvalue weighted by Gasteiger charge is 2.00. The molecule has 3 heteroatoms. The first-order valence-electron chi connectivity index (χ1n) is 3.38. The summed E-state index contributed by atoms with van der Waals surface area (Å²) in [7, 11) is 0. The molecule has 10 heavy (non-hydrogen) atoms. The van der Waals surface area contributed by atoms with Gasteiger partial charge in [0.05, 0.1) is 5.69 Å². The quantitative estimate of drug-likeness (QED) is 0.710. The van der Waals surface area contributed by atoms with E-state index in [0.29, 0.717) is 11.0 Å². The fourth-order valence-electron chi connectivity index (χ4n) is 0.835. The van der Waals surface area contributed by atoms with Crippen LogP contribution in [-0.2, 0) is 6.42 Å². The first-order chi connectivity index (χ1) is 4.68. The molecule has 1 heterocycles. The summed E-state index contributed by atoms with van der Waals surface area (Å²) < 4.78 is 0. The second kappa shape index (κ2) is 3.01. The molecular formula is C7H12N2S. The molecule has 0 aliphatic rings. The van der Waals surface area contributed by atoms with Gasteiger partial charge in [-0.15, -0.1) is 11.3 Å². The van der Waals surface area contributed by atoms with Gasteiger partial charge in [0.1, 0.15) is 0 Å². The average Bonchev–Trinajstić information content (AvgIpc) is 2.13. The third-order valence-corrected chi connectivity index (χ3v) is 1.91. The van der Waals surface area contributed by atoms with Crippen LogP contribution in [0.4, 0.5) is 5.13 Å². The number of nitrogens with two attached hydrogens (primary N) is 1. The highest BCUT2D eigenvalue weighted by molar-refractivity contribution is 7.13. The largest absolute Gasteiger partial charge is 0.375 e. The Bertz CT molecular complexity index is 205. The fourth-order valence-corrected chi connectivity index (χ4v) is 1.41. The zero-order valence-corrected chi connectivity index (χ0v) is 7.11. The molecule has 2 N–H and O–H groups in total. The maximum atomic E-state index is 5.46. The first kappa shape index (κ1) is 7.54. The number of hydrogen-bond acceptors (Lipinski definition) is 3. The Kier molecular flexibility index (Phi) is 2.27. The van der Waals surface area contributed by atoms with Crippen molar-refractivity contribution in [3.63, 3.8) is 0 Å². The lowest BCUT2D eigenvalue weighted by Crippen LogP contribution is -1.94. The number of aromatic nitrogens is 1. The summed E-state index contributed by atoms with van der Waals surface area (Å²) >= 11 is 1.51. The van der Waals surface area contributed by atoms with E-state index < -0.39 is 0 Å². The number of anilines is 1. The molecule has 1 aromatic heterocycles. The van der Waals surface area contributed by atoms with Crippen molar-refractivity contribution in [3.05, 3.63) is 11.1 Å². The average molecular weight is 156 g/mol. The third-order valence-electron chi connectivity index (χ3n) is 1.19. The van der Waals surface area contributed by atoms with Crippen LogP contribution in [0.15, 0.2) is 5.38 Å². The van der Waals surface area contributed by atoms with Crippen LogP contribution >= 0.6 is 11.3 Å². The van der Waals surface area contributed by atoms with Crippen molar-refractivity contribution in [2.45, 2.75) is 20.3 Å². The van der Waals surface area contributed by atoms with Crippen molar-refractivity contribution < 1.29 is 0 Å². The van der Waals surface area contributed by atoms with Crippen LogP contribution in [0.25, 0.3) is 0 Å². The SMILES string of the molecule is CC(C)Cc1csc(N)n1. The summed E-state index contributed by atoms with van der Waals surface area (Å²) in [5.41, 5.74) is 6.58. The van der Waals surface area contributed by atoms with Crippen molar-refractivity contribution in [3.8, 4) is 0 Å². The van der Waals surface area contributed by atoms with E-state index in [1.54, 1.807) is 0 Å². The van der Waals surface area contributed by atoms with Crippen LogP contribution in [0.5, 0.6) is 0 Å². The van der Waals surface area contributed by atoms with E-state index in [-0.39, 0.29) is 0 Å². The van der Waals surface area contributed by atoms with E-state index in [2.05, 4.69) is 18.8 Å². The minimum Gasteiger partial charge on any atom is -0.375 e. The van der Waals surface area contributed by atoms with Gasteiger partial charge in [0.15, 0.2) is 5.13 Å². The van der Waals surface area contributed by atoms with E-state index in [1.807, 2.05) is 5.38 Å². The number of hydrogen-bond donors (Lipinski definition) is 1. The van der Waals surface area contributed by atoms with Crippen LogP contribution in [-0.4, -0.2) is 4.98 Å². The predicted molar refractivity (Wildman–Crippen MR) is 45.1 cm³/mol. The minimum atomic E-state index is 0.668. The molecule has 0 saturated carbocycles. The molecule has 0 aliphatic carbocycles. The molecule has 0 bridgehead atoms. The van der Waals surface area contributed by atoms with E-state index in [9.17, 15) is 0 Å². The standard InChI is InChI=1S/C7H12N2S/c1-5(2)3-6-4-10-7(8)9-6/h4-5H,3H2,1-2H3,(H2,8,9). The minimum absolute atomic E-state index is 0.668. The van der Waals surface area contributed by atoms with Crippen LogP contribution < -0.4 is 5.73 Å². The highest BCUT2D eigenvalue weighted by Crippen LogP contribution is 2.13. The molecule has 0 saturated heterocycles. The van der Waals surface area contributed by atoms with E-state index in [1.165, 1.54) is 11.3 Å². The third kappa shape index (κ3) is 1.99. The Labute approximate surface area is 65.1 Å². The Balaban J connectivity index is 2.58. The monoisotopic (exact) mass is 156 g/mol. The van der Waals surface area contributed by atoms with Gasteiger partial charge in [-0.05, 0) is 12.3 Å². The van der Waals surface area contributed by atoms with Gasteiger partial charge in [0.25, 0.3) is 0 Å². The smallest absolute Gasteiger partial charge is 0.180 e. The second-order valence-electron chi connectivity index (χ2n) is 2.78. The van der Waals surface area contributed by atoms with Crippen LogP contribution in [0, 0.1) is 5.92 Å². The van der Waals surface area contributed by atoms with Gasteiger partial charge in [-0.25, -0.2) is 4.98 Å². The van der Waals surface area contributed by atoms with Crippen molar-refractivity contribution in [2.24, 2.45) is 5.92 Å². The fraction of sp³-hybridized carbons (Fsp3) is 0.571. The van der Waals surface area contributed by atoms with Gasteiger partial charge in [0.2, 0.25) is 0 Å². The molecular weight excluding hydrogens is 144 g/mol. The summed E-state index contributed by atoms with van der Waals surface area (Å²) in [4.78, 5) is 4.15. The molecule has 0 fully saturated rings. The Morgan fingerprint density at radius 2 is 2.40 bits per heavy atom. The maximum absolute atomic E-state index is 5.46. The van der Waals surface area contributed by atoms with Gasteiger partial charge in [-0.2, -0.15) is 0 Å². The topological polar surface area (TPSA) is 38.9 Å². The molecule has 1 rings (SSSR count). The predicted octanol–water partition coefficient (Wildman–Crippen LogP) is 1.92. The molecule has 0 unspecified atom stereocenters. The normalized spacial score (nSPS) is 10.7. The summed E-state index contributed by atoms with van der Waals surface area (Å²) in [5, 5.41) is 2.70. The summed E-state index contributed by atoms with van der Waals surface area (Å²) in [6.07, 6.45) is 1.04. The molecule has 2 nitrogen and oxygen atoms in total. The van der Waals surface area contributed by atoms with Crippen molar-refractivity contribution >= 4 is 16.5 Å². The van der Waals surface area contributed by atoms with Crippen LogP contribution in [0.1, 0.15) is 19.5 Å². The second-order valence-corrected chi connectivity index (χ2v) is 3.66. The van der Waals surface area contributed by atoms with Gasteiger partial charge >= 0.3 is 0 Å². The number of rotatable bonds is 2. The van der Waals surface area contributed by atoms with E-state index in [0.717, 1.165) is 12.1 Å². The molecule has 0 amide bonds. The summed E-state index contributed by atoms with van der Waals surface area (Å²) in [6.45, 7) is 4.35. The molecule has 0 radical (unpaired) electrons. The summed E-state index contributed by atoms with van der Waals surface area (Å²) in [6, 6.07) is 0. The van der Waals surface area contributed by atoms with Crippen LogP contribution in [0.3, 0.4) is 0 Å². The zero-order valence-electron chi connectivity index (χ0n) is 6.29. The van der Waals surface area contributed by atoms with Crippen LogP contribution in [0.2, 0.25) is 0 Å². The van der Waals surface area contributed by atoms with Gasteiger partial charge < -0.3 is 5.73 Å². The lowest BCUT2D eigenvalue weighted by Gasteiger charge is -1.97. The number of nitrogens with zero attached hydrogens (tertiary/aromatic N) is 1. The maximum Gasteiger partial charge on any atom is 0.180 e. The molecule has 0 aromatic carbocycles. The molecule has 1 aromatic rings. The number of thiazole rings is 1. The van der Waals surface area contributed by atoms with Gasteiger partial charge in [-0.3, -0.25) is 0 Å². The van der Waals surface area contributed by atoms with Gasteiger partial charge in [0, 0.05) is 5.38 Å². The summed E-state index contributed by atoms with van der Waals surface area (Å²) in [5.74, 6) is 0.668. The molecule has 0 spiro atoms. The lowest BCUT2D eigenvalue weighted by molar-refractivity contribution is 0.638. The van der Waals surface area contributed by atoms with Crippen molar-refractivity contribution in [1.29, 1.82) is 0 Å². The van der Waals surface area contributed by atoms with Crippen molar-refractivity contribution in [1.82, 2.24) is 4.98 Å².